The number of hydrogen-bond acceptors (Lipinski definition) is 5. The van der Waals surface area contributed by atoms with Crippen LogP contribution in [0.25, 0.3) is 0 Å². The van der Waals surface area contributed by atoms with Crippen LogP contribution in [-0.2, 0) is 0 Å². The molecule has 2 N–H and O–H groups in total. The van der Waals surface area contributed by atoms with E-state index in [9.17, 15) is 0 Å². The summed E-state index contributed by atoms with van der Waals surface area (Å²) in [6, 6.07) is 0. The van der Waals surface area contributed by atoms with Crippen molar-refractivity contribution in [1.82, 2.24) is 10.1 Å². The molecular formula is C13H23N3OS. The normalized spacial score (nSPS) is 22.3. The van der Waals surface area contributed by atoms with Gasteiger partial charge in [0.25, 0.3) is 0 Å². The van der Waals surface area contributed by atoms with E-state index in [2.05, 4.69) is 24.0 Å². The maximum atomic E-state index is 5.81. The van der Waals surface area contributed by atoms with Crippen LogP contribution in [0, 0.1) is 5.92 Å². The summed E-state index contributed by atoms with van der Waals surface area (Å²) < 4.78 is 5.42. The molecule has 4 nitrogen and oxygen atoms in total. The topological polar surface area (TPSA) is 64.9 Å². The molecule has 5 heteroatoms. The molecule has 0 amide bonds. The van der Waals surface area contributed by atoms with E-state index >= 15 is 0 Å². The fourth-order valence-corrected chi connectivity index (χ4v) is 3.59. The monoisotopic (exact) mass is 269 g/mol. The summed E-state index contributed by atoms with van der Waals surface area (Å²) in [5, 5.41) is 4.58. The molecule has 0 bridgehead atoms. The summed E-state index contributed by atoms with van der Waals surface area (Å²) in [6.45, 7) is 4.96. The van der Waals surface area contributed by atoms with Crippen LogP contribution in [0.3, 0.4) is 0 Å². The number of hydrogen-bond donors (Lipinski definition) is 1. The Labute approximate surface area is 113 Å². The molecular weight excluding hydrogens is 246 g/mol. The summed E-state index contributed by atoms with van der Waals surface area (Å²) in [5.41, 5.74) is 5.81. The van der Waals surface area contributed by atoms with Crippen molar-refractivity contribution in [3.05, 3.63) is 11.7 Å². The van der Waals surface area contributed by atoms with Crippen LogP contribution in [-0.4, -0.2) is 22.4 Å². The Balaban J connectivity index is 2.03. The first-order chi connectivity index (χ1) is 8.70. The van der Waals surface area contributed by atoms with Crippen molar-refractivity contribution in [3.8, 4) is 0 Å². The van der Waals surface area contributed by atoms with Gasteiger partial charge in [0.2, 0.25) is 5.89 Å². The summed E-state index contributed by atoms with van der Waals surface area (Å²) in [6.07, 6.45) is 4.76. The van der Waals surface area contributed by atoms with Crippen LogP contribution < -0.4 is 5.73 Å². The van der Waals surface area contributed by atoms with Gasteiger partial charge >= 0.3 is 0 Å². The molecule has 2 heterocycles. The maximum Gasteiger partial charge on any atom is 0.231 e. The fraction of sp³-hybridized carbons (Fsp3) is 0.846. The molecule has 2 unspecified atom stereocenters. The first-order valence-electron chi connectivity index (χ1n) is 6.86. The maximum absolute atomic E-state index is 5.81. The number of aromatic nitrogens is 2. The van der Waals surface area contributed by atoms with Gasteiger partial charge in [0.05, 0.1) is 11.2 Å². The van der Waals surface area contributed by atoms with Crippen LogP contribution in [0.4, 0.5) is 0 Å². The van der Waals surface area contributed by atoms with Crippen molar-refractivity contribution in [2.24, 2.45) is 11.7 Å². The third-order valence-corrected chi connectivity index (χ3v) is 4.69. The van der Waals surface area contributed by atoms with Gasteiger partial charge in [0, 0.05) is 6.54 Å². The SMILES string of the molecule is CC(C)CC(CN)c1nc(C2CCCCS2)no1. The second-order valence-electron chi connectivity index (χ2n) is 5.41. The standard InChI is InChI=1S/C13H23N3OS/c1-9(2)7-10(8-14)13-15-12(16-17-13)11-5-3-4-6-18-11/h9-11H,3-8,14H2,1-2H3. The van der Waals surface area contributed by atoms with Gasteiger partial charge in [0.15, 0.2) is 5.82 Å². The second kappa shape index (κ2) is 6.57. The largest absolute Gasteiger partial charge is 0.339 e. The van der Waals surface area contributed by atoms with Gasteiger partial charge in [0.1, 0.15) is 0 Å². The molecule has 1 fully saturated rings. The molecule has 1 aliphatic heterocycles. The lowest BCUT2D eigenvalue weighted by Crippen LogP contribution is -2.15. The third kappa shape index (κ3) is 3.48. The number of nitrogens with zero attached hydrogens (tertiary/aromatic N) is 2. The number of rotatable bonds is 5. The van der Waals surface area contributed by atoms with Gasteiger partial charge in [-0.05, 0) is 30.9 Å². The molecule has 2 atom stereocenters. The minimum Gasteiger partial charge on any atom is -0.339 e. The number of nitrogens with two attached hydrogens (primary N) is 1. The second-order valence-corrected chi connectivity index (χ2v) is 6.72. The molecule has 1 aliphatic rings. The van der Waals surface area contributed by atoms with Crippen molar-refractivity contribution in [2.75, 3.05) is 12.3 Å². The van der Waals surface area contributed by atoms with E-state index in [1.54, 1.807) is 0 Å². The lowest BCUT2D eigenvalue weighted by atomic mass is 9.97. The molecule has 0 spiro atoms. The highest BCUT2D eigenvalue weighted by Crippen LogP contribution is 2.37. The highest BCUT2D eigenvalue weighted by atomic mass is 32.2. The zero-order valence-corrected chi connectivity index (χ0v) is 12.1. The molecule has 1 saturated heterocycles. The van der Waals surface area contributed by atoms with Crippen molar-refractivity contribution in [3.63, 3.8) is 0 Å². The van der Waals surface area contributed by atoms with E-state index in [-0.39, 0.29) is 5.92 Å². The van der Waals surface area contributed by atoms with E-state index in [0.717, 1.165) is 18.1 Å². The Bertz CT molecular complexity index is 361. The third-order valence-electron chi connectivity index (χ3n) is 3.31. The van der Waals surface area contributed by atoms with Gasteiger partial charge in [-0.2, -0.15) is 16.7 Å². The molecule has 1 aromatic rings. The van der Waals surface area contributed by atoms with Crippen LogP contribution in [0.1, 0.15) is 62.4 Å². The van der Waals surface area contributed by atoms with E-state index in [0.29, 0.717) is 17.7 Å². The smallest absolute Gasteiger partial charge is 0.231 e. The molecule has 1 aromatic heterocycles. The average molecular weight is 269 g/mol. The molecule has 18 heavy (non-hydrogen) atoms. The zero-order chi connectivity index (χ0) is 13.0. The van der Waals surface area contributed by atoms with Gasteiger partial charge in [-0.15, -0.1) is 0 Å². The van der Waals surface area contributed by atoms with Crippen LogP contribution >= 0.6 is 11.8 Å². The Kier molecular flexibility index (Phi) is 5.06. The number of thioether (sulfide) groups is 1. The van der Waals surface area contributed by atoms with Crippen molar-refractivity contribution in [1.29, 1.82) is 0 Å². The van der Waals surface area contributed by atoms with Crippen molar-refractivity contribution >= 4 is 11.8 Å². The molecule has 0 radical (unpaired) electrons. The predicted octanol–water partition coefficient (Wildman–Crippen LogP) is 3.12. The van der Waals surface area contributed by atoms with Gasteiger partial charge in [-0.25, -0.2) is 0 Å². The molecule has 2 rings (SSSR count). The average Bonchev–Trinajstić information content (AvgIpc) is 2.86. The van der Waals surface area contributed by atoms with E-state index < -0.39 is 0 Å². The summed E-state index contributed by atoms with van der Waals surface area (Å²) in [4.78, 5) is 4.58. The zero-order valence-electron chi connectivity index (χ0n) is 11.3. The first-order valence-corrected chi connectivity index (χ1v) is 7.90. The Morgan fingerprint density at radius 2 is 2.28 bits per heavy atom. The van der Waals surface area contributed by atoms with Crippen LogP contribution in [0.15, 0.2) is 4.52 Å². The minimum atomic E-state index is 0.208. The summed E-state index contributed by atoms with van der Waals surface area (Å²) >= 11 is 1.95. The van der Waals surface area contributed by atoms with Gasteiger partial charge in [-0.1, -0.05) is 25.4 Å². The Morgan fingerprint density at radius 1 is 1.44 bits per heavy atom. The van der Waals surface area contributed by atoms with Crippen LogP contribution in [0.2, 0.25) is 0 Å². The predicted molar refractivity (Wildman–Crippen MR) is 74.6 cm³/mol. The van der Waals surface area contributed by atoms with E-state index in [1.165, 1.54) is 25.0 Å². The molecule has 0 saturated carbocycles. The van der Waals surface area contributed by atoms with Gasteiger partial charge < -0.3 is 10.3 Å². The Hall–Kier alpha value is -0.550. The highest BCUT2D eigenvalue weighted by Gasteiger charge is 2.24. The highest BCUT2D eigenvalue weighted by molar-refractivity contribution is 7.99. The van der Waals surface area contributed by atoms with Crippen LogP contribution in [0.5, 0.6) is 0 Å². The van der Waals surface area contributed by atoms with E-state index in [1.807, 2.05) is 11.8 Å². The molecule has 0 aromatic carbocycles. The summed E-state index contributed by atoms with van der Waals surface area (Å²) in [5.74, 6) is 3.61. The fourth-order valence-electron chi connectivity index (χ4n) is 2.36. The lowest BCUT2D eigenvalue weighted by Gasteiger charge is -2.17. The van der Waals surface area contributed by atoms with Crippen molar-refractivity contribution < 1.29 is 4.52 Å². The van der Waals surface area contributed by atoms with Crippen molar-refractivity contribution in [2.45, 2.75) is 50.7 Å². The quantitative estimate of drug-likeness (QED) is 0.889. The summed E-state index contributed by atoms with van der Waals surface area (Å²) in [7, 11) is 0. The minimum absolute atomic E-state index is 0.208. The molecule has 102 valence electrons. The lowest BCUT2D eigenvalue weighted by molar-refractivity contribution is 0.331. The van der Waals surface area contributed by atoms with Gasteiger partial charge in [-0.3, -0.25) is 0 Å². The van der Waals surface area contributed by atoms with E-state index in [4.69, 9.17) is 10.3 Å². The molecule has 0 aliphatic carbocycles. The Morgan fingerprint density at radius 3 is 2.89 bits per heavy atom. The first kappa shape index (κ1) is 13.9.